The maximum Gasteiger partial charge on any atom is 0.329 e. The lowest BCUT2D eigenvalue weighted by Gasteiger charge is -1.72. The maximum absolute atomic E-state index is 9.44. The van der Waals surface area contributed by atoms with E-state index in [2.05, 4.69) is 0 Å². The van der Waals surface area contributed by atoms with Crippen molar-refractivity contribution in [2.45, 2.75) is 6.92 Å². The summed E-state index contributed by atoms with van der Waals surface area (Å²) in [5, 5.41) is 15.0. The second-order valence-corrected chi connectivity index (χ2v) is 1.28. The van der Waals surface area contributed by atoms with Crippen molar-refractivity contribution < 1.29 is 24.6 Å². The van der Waals surface area contributed by atoms with Crippen LogP contribution in [0.4, 0.5) is 0 Å². The summed E-state index contributed by atoms with van der Waals surface area (Å²) in [6.45, 7) is 0.438. The minimum atomic E-state index is -1.19. The summed E-state index contributed by atoms with van der Waals surface area (Å²) in [7, 11) is 0. The fourth-order valence-corrected chi connectivity index (χ4v) is 0. The third-order valence-electron chi connectivity index (χ3n) is 0.301. The van der Waals surface area contributed by atoms with Crippen LogP contribution < -0.4 is 0 Å². The predicted octanol–water partition coefficient (Wildman–Crippen LogP) is -1.16. The van der Waals surface area contributed by atoms with Crippen LogP contribution in [0.3, 0.4) is 0 Å². The van der Waals surface area contributed by atoms with Gasteiger partial charge in [-0.15, -0.1) is 0 Å². The molecule has 58 valence electrons. The summed E-state index contributed by atoms with van der Waals surface area (Å²) < 4.78 is 0. The summed E-state index contributed by atoms with van der Waals surface area (Å²) in [6, 6.07) is 0. The van der Waals surface area contributed by atoms with Gasteiger partial charge in [0.15, 0.2) is 12.1 Å². The molecular weight excluding hydrogens is 140 g/mol. The van der Waals surface area contributed by atoms with Crippen LogP contribution in [0.15, 0.2) is 0 Å². The van der Waals surface area contributed by atoms with E-state index in [9.17, 15) is 4.79 Å². The molecule has 0 aliphatic carbocycles. The number of carboxylic acid groups (broad SMARTS) is 1. The third kappa shape index (κ3) is 29.4. The SMILES string of the molecule is CC(=O)C=O.O=C(O)CO. The van der Waals surface area contributed by atoms with Gasteiger partial charge in [-0.1, -0.05) is 0 Å². The van der Waals surface area contributed by atoms with Gasteiger partial charge in [-0.05, 0) is 0 Å². The van der Waals surface area contributed by atoms with Crippen LogP contribution in [-0.4, -0.2) is 34.9 Å². The number of carboxylic acids is 1. The second kappa shape index (κ2) is 7.77. The zero-order valence-electron chi connectivity index (χ0n) is 5.40. The maximum atomic E-state index is 9.44. The number of hydrogen-bond acceptors (Lipinski definition) is 4. The van der Waals surface area contributed by atoms with Crippen LogP contribution >= 0.6 is 0 Å². The van der Waals surface area contributed by atoms with Crippen LogP contribution in [0, 0.1) is 0 Å². The first-order chi connectivity index (χ1) is 4.54. The topological polar surface area (TPSA) is 91.7 Å². The average Bonchev–Trinajstić information content (AvgIpc) is 1.89. The molecule has 0 radical (unpaired) electrons. The van der Waals surface area contributed by atoms with Gasteiger partial charge in [0.1, 0.15) is 6.61 Å². The van der Waals surface area contributed by atoms with Crippen LogP contribution in [0.2, 0.25) is 0 Å². The van der Waals surface area contributed by atoms with Gasteiger partial charge in [-0.3, -0.25) is 9.59 Å². The highest BCUT2D eigenvalue weighted by Crippen LogP contribution is 1.49. The van der Waals surface area contributed by atoms with Crippen molar-refractivity contribution in [3.63, 3.8) is 0 Å². The monoisotopic (exact) mass is 148 g/mol. The normalized spacial score (nSPS) is 7.00. The highest BCUT2D eigenvalue weighted by atomic mass is 16.4. The van der Waals surface area contributed by atoms with Crippen LogP contribution in [-0.2, 0) is 14.4 Å². The molecule has 0 bridgehead atoms. The minimum Gasteiger partial charge on any atom is -0.480 e. The molecule has 5 nitrogen and oxygen atoms in total. The predicted molar refractivity (Wildman–Crippen MR) is 31.5 cm³/mol. The zero-order valence-corrected chi connectivity index (χ0v) is 5.40. The van der Waals surface area contributed by atoms with E-state index in [0.717, 1.165) is 0 Å². The van der Waals surface area contributed by atoms with E-state index in [4.69, 9.17) is 19.8 Å². The average molecular weight is 148 g/mol. The lowest BCUT2D eigenvalue weighted by atomic mass is 10.5. The standard InChI is InChI=1S/C3H4O2.C2H4O3/c1-3(5)2-4;3-1-2(4)5/h2H,1H3;3H,1H2,(H,4,5). The first-order valence-corrected chi connectivity index (χ1v) is 2.33. The van der Waals surface area contributed by atoms with E-state index >= 15 is 0 Å². The van der Waals surface area contributed by atoms with Gasteiger partial charge in [0.05, 0.1) is 0 Å². The molecule has 0 amide bonds. The molecule has 0 fully saturated rings. The van der Waals surface area contributed by atoms with Crippen molar-refractivity contribution in [1.29, 1.82) is 0 Å². The molecule has 0 heterocycles. The zero-order chi connectivity index (χ0) is 8.57. The molecule has 0 atom stereocenters. The van der Waals surface area contributed by atoms with Crippen molar-refractivity contribution in [3.05, 3.63) is 0 Å². The third-order valence-corrected chi connectivity index (χ3v) is 0.301. The van der Waals surface area contributed by atoms with Gasteiger partial charge < -0.3 is 10.2 Å². The van der Waals surface area contributed by atoms with Gasteiger partial charge in [-0.2, -0.15) is 0 Å². The molecule has 10 heavy (non-hydrogen) atoms. The smallest absolute Gasteiger partial charge is 0.329 e. The van der Waals surface area contributed by atoms with Crippen molar-refractivity contribution in [2.75, 3.05) is 6.61 Å². The Hall–Kier alpha value is -1.23. The van der Waals surface area contributed by atoms with Crippen LogP contribution in [0.5, 0.6) is 0 Å². The van der Waals surface area contributed by atoms with Gasteiger partial charge in [0, 0.05) is 6.92 Å². The Morgan fingerprint density at radius 2 is 1.70 bits per heavy atom. The summed E-state index contributed by atoms with van der Waals surface area (Å²) in [4.78, 5) is 27.7. The molecule has 0 saturated carbocycles. The Morgan fingerprint density at radius 1 is 1.50 bits per heavy atom. The minimum absolute atomic E-state index is 0.278. The van der Waals surface area contributed by atoms with Gasteiger partial charge in [0.25, 0.3) is 0 Å². The van der Waals surface area contributed by atoms with Gasteiger partial charge in [-0.25, -0.2) is 4.79 Å². The largest absolute Gasteiger partial charge is 0.480 e. The summed E-state index contributed by atoms with van der Waals surface area (Å²) in [5.74, 6) is -1.62. The number of aliphatic hydroxyl groups is 1. The first-order valence-electron chi connectivity index (χ1n) is 2.33. The van der Waals surface area contributed by atoms with E-state index in [1.807, 2.05) is 0 Å². The lowest BCUT2D eigenvalue weighted by molar-refractivity contribution is -0.140. The fraction of sp³-hybridized carbons (Fsp3) is 0.400. The van der Waals surface area contributed by atoms with Crippen molar-refractivity contribution in [2.24, 2.45) is 0 Å². The molecule has 0 aliphatic rings. The highest BCUT2D eigenvalue weighted by Gasteiger charge is 1.82. The van der Waals surface area contributed by atoms with E-state index in [1.54, 1.807) is 0 Å². The first kappa shape index (κ1) is 11.6. The number of hydrogen-bond donors (Lipinski definition) is 2. The highest BCUT2D eigenvalue weighted by molar-refractivity contribution is 6.23. The molecule has 0 saturated heterocycles. The van der Waals surface area contributed by atoms with Crippen molar-refractivity contribution in [1.82, 2.24) is 0 Å². The Morgan fingerprint density at radius 3 is 1.70 bits per heavy atom. The number of ketones is 1. The molecule has 0 aromatic carbocycles. The molecule has 0 rings (SSSR count). The second-order valence-electron chi connectivity index (χ2n) is 1.28. The van der Waals surface area contributed by atoms with Crippen LogP contribution in [0.1, 0.15) is 6.92 Å². The Balaban J connectivity index is 0. The number of Topliss-reactive ketones (excluding diaryl/α,β-unsaturated/α-hetero) is 1. The van der Waals surface area contributed by atoms with Gasteiger partial charge in [0.2, 0.25) is 0 Å². The number of rotatable bonds is 2. The number of aldehydes is 1. The number of aliphatic carboxylic acids is 1. The molecular formula is C5H8O5. The van der Waals surface area contributed by atoms with Gasteiger partial charge >= 0.3 is 5.97 Å². The summed E-state index contributed by atoms with van der Waals surface area (Å²) in [5.41, 5.74) is 0. The molecule has 0 aromatic heterocycles. The molecule has 0 aliphatic heterocycles. The van der Waals surface area contributed by atoms with Crippen molar-refractivity contribution >= 4 is 18.0 Å². The molecule has 5 heteroatoms. The van der Waals surface area contributed by atoms with E-state index in [1.165, 1.54) is 6.92 Å². The number of carbonyl (C=O) groups is 3. The Bertz CT molecular complexity index is 128. The van der Waals surface area contributed by atoms with Crippen LogP contribution in [0.25, 0.3) is 0 Å². The molecule has 2 N–H and O–H groups in total. The lowest BCUT2D eigenvalue weighted by Crippen LogP contribution is -1.98. The molecule has 0 spiro atoms. The van der Waals surface area contributed by atoms with E-state index in [-0.39, 0.29) is 6.29 Å². The Labute approximate surface area is 57.3 Å². The van der Waals surface area contributed by atoms with E-state index < -0.39 is 18.4 Å². The van der Waals surface area contributed by atoms with E-state index in [0.29, 0.717) is 0 Å². The summed E-state index contributed by atoms with van der Waals surface area (Å²) >= 11 is 0. The quantitative estimate of drug-likeness (QED) is 0.380. The fourth-order valence-electron chi connectivity index (χ4n) is 0. The number of aliphatic hydroxyl groups excluding tert-OH is 1. The number of carbonyl (C=O) groups excluding carboxylic acids is 2. The Kier molecular flexibility index (Phi) is 8.98. The molecule has 0 unspecified atom stereocenters. The molecule has 0 aromatic rings. The summed E-state index contributed by atoms with van der Waals surface area (Å²) in [6.07, 6.45) is 0.278. The van der Waals surface area contributed by atoms with Crippen molar-refractivity contribution in [3.8, 4) is 0 Å².